The van der Waals surface area contributed by atoms with E-state index in [0.717, 1.165) is 0 Å². The molecule has 1 aliphatic rings. The Morgan fingerprint density at radius 1 is 1.44 bits per heavy atom. The Hall–Kier alpha value is -1.78. The maximum Gasteiger partial charge on any atom is 0.270 e. The summed E-state index contributed by atoms with van der Waals surface area (Å²) in [5.41, 5.74) is 0.608. The summed E-state index contributed by atoms with van der Waals surface area (Å²) < 4.78 is 0. The third-order valence-corrected chi connectivity index (χ3v) is 3.37. The average Bonchev–Trinajstić information content (AvgIpc) is 2.90. The number of nitrogens with one attached hydrogen (secondary N) is 1. The smallest absolute Gasteiger partial charge is 0.270 e. The molecule has 1 fully saturated rings. The number of hydrogen-bond donors (Lipinski definition) is 1. The number of rotatable bonds is 2. The van der Waals surface area contributed by atoms with Crippen LogP contribution >= 0.6 is 0 Å². The van der Waals surface area contributed by atoms with Crippen LogP contribution in [-0.4, -0.2) is 52.3 Å². The number of carbonyl (C=O) groups is 2. The van der Waals surface area contributed by atoms with E-state index in [1.165, 1.54) is 0 Å². The van der Waals surface area contributed by atoms with Gasteiger partial charge >= 0.3 is 0 Å². The van der Waals surface area contributed by atoms with Crippen molar-refractivity contribution in [2.24, 2.45) is 0 Å². The molecule has 0 aromatic carbocycles. The van der Waals surface area contributed by atoms with E-state index in [9.17, 15) is 9.59 Å². The number of H-pyrrole nitrogens is 1. The van der Waals surface area contributed by atoms with Crippen molar-refractivity contribution in [3.05, 3.63) is 24.0 Å². The number of aromatic nitrogens is 1. The van der Waals surface area contributed by atoms with Gasteiger partial charge in [-0.05, 0) is 19.1 Å². The SMILES string of the molecule is CCC(=O)N1CCN(C(=O)c2ccc[nH]2)C(C)C1. The fourth-order valence-electron chi connectivity index (χ4n) is 2.33. The summed E-state index contributed by atoms with van der Waals surface area (Å²) in [6.45, 7) is 5.70. The Labute approximate surface area is 107 Å². The van der Waals surface area contributed by atoms with Gasteiger partial charge in [-0.25, -0.2) is 0 Å². The summed E-state index contributed by atoms with van der Waals surface area (Å²) in [7, 11) is 0. The van der Waals surface area contributed by atoms with Crippen molar-refractivity contribution >= 4 is 11.8 Å². The zero-order valence-corrected chi connectivity index (χ0v) is 10.8. The molecule has 1 aromatic heterocycles. The van der Waals surface area contributed by atoms with Crippen molar-refractivity contribution in [3.8, 4) is 0 Å². The number of amides is 2. The topological polar surface area (TPSA) is 56.4 Å². The summed E-state index contributed by atoms with van der Waals surface area (Å²) in [5, 5.41) is 0. The van der Waals surface area contributed by atoms with E-state index in [2.05, 4.69) is 4.98 Å². The number of hydrogen-bond acceptors (Lipinski definition) is 2. The average molecular weight is 249 g/mol. The minimum atomic E-state index is 0.0103. The van der Waals surface area contributed by atoms with E-state index >= 15 is 0 Å². The second-order valence-electron chi connectivity index (χ2n) is 4.62. The van der Waals surface area contributed by atoms with Gasteiger partial charge in [-0.1, -0.05) is 6.92 Å². The summed E-state index contributed by atoms with van der Waals surface area (Å²) in [4.78, 5) is 30.4. The van der Waals surface area contributed by atoms with Gasteiger partial charge in [-0.15, -0.1) is 0 Å². The first-order chi connectivity index (χ1) is 8.63. The quantitative estimate of drug-likeness (QED) is 0.853. The van der Waals surface area contributed by atoms with Crippen LogP contribution in [0.4, 0.5) is 0 Å². The zero-order chi connectivity index (χ0) is 13.1. The largest absolute Gasteiger partial charge is 0.357 e. The van der Waals surface area contributed by atoms with Crippen molar-refractivity contribution in [3.63, 3.8) is 0 Å². The summed E-state index contributed by atoms with van der Waals surface area (Å²) in [6.07, 6.45) is 2.27. The van der Waals surface area contributed by atoms with Crippen LogP contribution in [0.2, 0.25) is 0 Å². The van der Waals surface area contributed by atoms with Crippen LogP contribution in [0.1, 0.15) is 30.8 Å². The van der Waals surface area contributed by atoms with Gasteiger partial charge in [-0.2, -0.15) is 0 Å². The number of piperazine rings is 1. The molecule has 1 aromatic rings. The van der Waals surface area contributed by atoms with E-state index in [0.29, 0.717) is 31.7 Å². The van der Waals surface area contributed by atoms with Crippen LogP contribution in [0.25, 0.3) is 0 Å². The molecule has 1 N–H and O–H groups in total. The van der Waals surface area contributed by atoms with Gasteiger partial charge < -0.3 is 14.8 Å². The minimum Gasteiger partial charge on any atom is -0.357 e. The standard InChI is InChI=1S/C13H19N3O2/c1-3-12(17)15-7-8-16(10(2)9-15)13(18)11-5-4-6-14-11/h4-6,10,14H,3,7-9H2,1-2H3. The van der Waals surface area contributed by atoms with E-state index in [1.807, 2.05) is 29.7 Å². The highest BCUT2D eigenvalue weighted by molar-refractivity contribution is 5.92. The lowest BCUT2D eigenvalue weighted by molar-refractivity contribution is -0.133. The maximum absolute atomic E-state index is 12.2. The zero-order valence-electron chi connectivity index (χ0n) is 10.8. The Kier molecular flexibility index (Phi) is 3.69. The van der Waals surface area contributed by atoms with E-state index < -0.39 is 0 Å². The first-order valence-electron chi connectivity index (χ1n) is 6.35. The molecule has 2 rings (SSSR count). The van der Waals surface area contributed by atoms with Gasteiger partial charge in [0.05, 0.1) is 0 Å². The third-order valence-electron chi connectivity index (χ3n) is 3.37. The normalized spacial score (nSPS) is 20.0. The summed E-state index contributed by atoms with van der Waals surface area (Å²) >= 11 is 0. The molecular weight excluding hydrogens is 230 g/mol. The van der Waals surface area contributed by atoms with Gasteiger partial charge in [0.15, 0.2) is 0 Å². The molecular formula is C13H19N3O2. The summed E-state index contributed by atoms with van der Waals surface area (Å²) in [5.74, 6) is 0.171. The molecule has 0 aliphatic carbocycles. The first kappa shape index (κ1) is 12.7. The molecule has 2 heterocycles. The van der Waals surface area contributed by atoms with Gasteiger partial charge in [-0.3, -0.25) is 9.59 Å². The maximum atomic E-state index is 12.2. The highest BCUT2D eigenvalue weighted by Gasteiger charge is 2.29. The van der Waals surface area contributed by atoms with Crippen LogP contribution in [0.3, 0.4) is 0 Å². The molecule has 1 aliphatic heterocycles. The molecule has 1 atom stereocenters. The molecule has 2 amide bonds. The molecule has 1 unspecified atom stereocenters. The van der Waals surface area contributed by atoms with Gasteiger partial charge in [0, 0.05) is 38.3 Å². The molecule has 0 radical (unpaired) electrons. The molecule has 5 nitrogen and oxygen atoms in total. The molecule has 5 heteroatoms. The van der Waals surface area contributed by atoms with Crippen LogP contribution in [0.5, 0.6) is 0 Å². The second kappa shape index (κ2) is 5.25. The fraction of sp³-hybridized carbons (Fsp3) is 0.538. The molecule has 98 valence electrons. The predicted octanol–water partition coefficient (Wildman–Crippen LogP) is 1.10. The number of nitrogens with zero attached hydrogens (tertiary/aromatic N) is 2. The van der Waals surface area contributed by atoms with E-state index in [4.69, 9.17) is 0 Å². The highest BCUT2D eigenvalue weighted by atomic mass is 16.2. The van der Waals surface area contributed by atoms with Gasteiger partial charge in [0.25, 0.3) is 5.91 Å². The third kappa shape index (κ3) is 2.39. The van der Waals surface area contributed by atoms with Crippen LogP contribution < -0.4 is 0 Å². The van der Waals surface area contributed by atoms with Gasteiger partial charge in [0.1, 0.15) is 5.69 Å². The molecule has 0 bridgehead atoms. The van der Waals surface area contributed by atoms with Crippen molar-refractivity contribution < 1.29 is 9.59 Å². The van der Waals surface area contributed by atoms with Crippen LogP contribution in [0, 0.1) is 0 Å². The number of carbonyl (C=O) groups excluding carboxylic acids is 2. The summed E-state index contributed by atoms with van der Waals surface area (Å²) in [6, 6.07) is 3.65. The predicted molar refractivity (Wildman–Crippen MR) is 68.2 cm³/mol. The van der Waals surface area contributed by atoms with E-state index in [1.54, 1.807) is 12.3 Å². The Balaban J connectivity index is 2.01. The first-order valence-corrected chi connectivity index (χ1v) is 6.35. The molecule has 1 saturated heterocycles. The van der Waals surface area contributed by atoms with Crippen LogP contribution in [-0.2, 0) is 4.79 Å². The Morgan fingerprint density at radius 2 is 2.22 bits per heavy atom. The van der Waals surface area contributed by atoms with Crippen LogP contribution in [0.15, 0.2) is 18.3 Å². The van der Waals surface area contributed by atoms with Crippen molar-refractivity contribution in [2.45, 2.75) is 26.3 Å². The van der Waals surface area contributed by atoms with Crippen molar-refractivity contribution in [1.82, 2.24) is 14.8 Å². The molecule has 0 saturated carbocycles. The van der Waals surface area contributed by atoms with Gasteiger partial charge in [0.2, 0.25) is 5.91 Å². The highest BCUT2D eigenvalue weighted by Crippen LogP contribution is 2.13. The number of aromatic amines is 1. The lowest BCUT2D eigenvalue weighted by Crippen LogP contribution is -2.55. The lowest BCUT2D eigenvalue weighted by Gasteiger charge is -2.39. The fourth-order valence-corrected chi connectivity index (χ4v) is 2.33. The molecule has 0 spiro atoms. The second-order valence-corrected chi connectivity index (χ2v) is 4.62. The Morgan fingerprint density at radius 3 is 2.78 bits per heavy atom. The molecule has 18 heavy (non-hydrogen) atoms. The van der Waals surface area contributed by atoms with Crippen molar-refractivity contribution in [1.29, 1.82) is 0 Å². The van der Waals surface area contributed by atoms with E-state index in [-0.39, 0.29) is 17.9 Å². The Bertz CT molecular complexity index is 427. The monoisotopic (exact) mass is 249 g/mol. The minimum absolute atomic E-state index is 0.0103. The van der Waals surface area contributed by atoms with Crippen molar-refractivity contribution in [2.75, 3.05) is 19.6 Å². The lowest BCUT2D eigenvalue weighted by atomic mass is 10.1.